The molecule has 0 aromatic carbocycles. The summed E-state index contributed by atoms with van der Waals surface area (Å²) >= 11 is 0. The first kappa shape index (κ1) is 14.8. The first-order valence-electron chi connectivity index (χ1n) is 8.67. The Kier molecular flexibility index (Phi) is 4.13. The van der Waals surface area contributed by atoms with Crippen molar-refractivity contribution in [3.8, 4) is 0 Å². The highest BCUT2D eigenvalue weighted by atomic mass is 16.5. The molecule has 3 fully saturated rings. The van der Waals surface area contributed by atoms with Crippen LogP contribution in [-0.4, -0.2) is 48.3 Å². The molecule has 3 aliphatic rings. The Balaban J connectivity index is 1.64. The predicted molar refractivity (Wildman–Crippen MR) is 83.0 cm³/mol. The maximum Gasteiger partial charge on any atom is 0.0588 e. The van der Waals surface area contributed by atoms with Gasteiger partial charge in [0.2, 0.25) is 0 Å². The molecule has 3 unspecified atom stereocenters. The first-order chi connectivity index (χ1) is 9.56. The number of ether oxygens (including phenoxy) is 1. The summed E-state index contributed by atoms with van der Waals surface area (Å²) in [5, 5.41) is 3.84. The minimum Gasteiger partial charge on any atom is -0.378 e. The second-order valence-corrected chi connectivity index (χ2v) is 7.74. The molecular weight excluding hydrogens is 248 g/mol. The fraction of sp³-hybridized carbons (Fsp3) is 1.00. The molecule has 0 bridgehead atoms. The normalized spacial score (nSPS) is 43.0. The van der Waals surface area contributed by atoms with Crippen LogP contribution in [0, 0.1) is 5.92 Å². The molecule has 2 heterocycles. The second kappa shape index (κ2) is 5.58. The summed E-state index contributed by atoms with van der Waals surface area (Å²) in [5.41, 5.74) is 0.679. The van der Waals surface area contributed by atoms with Crippen LogP contribution in [0.15, 0.2) is 0 Å². The van der Waals surface area contributed by atoms with Crippen LogP contribution < -0.4 is 5.32 Å². The monoisotopic (exact) mass is 280 g/mol. The Morgan fingerprint density at radius 2 is 2.05 bits per heavy atom. The van der Waals surface area contributed by atoms with E-state index >= 15 is 0 Å². The first-order valence-corrected chi connectivity index (χ1v) is 8.67. The van der Waals surface area contributed by atoms with Crippen LogP contribution in [0.1, 0.15) is 59.3 Å². The fourth-order valence-electron chi connectivity index (χ4n) is 4.01. The molecule has 3 heteroatoms. The van der Waals surface area contributed by atoms with Gasteiger partial charge in [-0.25, -0.2) is 0 Å². The molecule has 3 nitrogen and oxygen atoms in total. The lowest BCUT2D eigenvalue weighted by Crippen LogP contribution is -2.69. The second-order valence-electron chi connectivity index (χ2n) is 7.74. The number of rotatable bonds is 5. The molecule has 0 aromatic rings. The number of nitrogens with one attached hydrogen (secondary N) is 1. The van der Waals surface area contributed by atoms with Gasteiger partial charge in [0.1, 0.15) is 0 Å². The highest BCUT2D eigenvalue weighted by molar-refractivity contribution is 5.07. The van der Waals surface area contributed by atoms with Gasteiger partial charge in [-0.15, -0.1) is 0 Å². The zero-order chi connectivity index (χ0) is 14.2. The summed E-state index contributed by atoms with van der Waals surface area (Å²) in [5.74, 6) is 0.918. The number of hydrogen-bond acceptors (Lipinski definition) is 3. The van der Waals surface area contributed by atoms with Gasteiger partial charge in [-0.05, 0) is 58.3 Å². The number of piperazine rings is 1. The van der Waals surface area contributed by atoms with Gasteiger partial charge in [0, 0.05) is 37.3 Å². The summed E-state index contributed by atoms with van der Waals surface area (Å²) < 4.78 is 5.82. The van der Waals surface area contributed by atoms with E-state index in [-0.39, 0.29) is 0 Å². The smallest absolute Gasteiger partial charge is 0.0588 e. The SMILES string of the molecule is CCC1(C)CN(CCC2CCCO2)C(C)(C2CC2)CN1. The molecule has 3 atom stereocenters. The predicted octanol–water partition coefficient (Wildman–Crippen LogP) is 2.80. The maximum atomic E-state index is 5.82. The summed E-state index contributed by atoms with van der Waals surface area (Å²) in [6.45, 7) is 11.7. The molecule has 0 aromatic heterocycles. The average Bonchev–Trinajstić information content (AvgIpc) is 3.19. The van der Waals surface area contributed by atoms with Crippen molar-refractivity contribution < 1.29 is 4.74 Å². The highest BCUT2D eigenvalue weighted by Gasteiger charge is 2.50. The lowest BCUT2D eigenvalue weighted by molar-refractivity contribution is -0.00708. The largest absolute Gasteiger partial charge is 0.378 e. The third kappa shape index (κ3) is 2.90. The van der Waals surface area contributed by atoms with Gasteiger partial charge in [-0.2, -0.15) is 0 Å². The molecule has 3 rings (SSSR count). The molecule has 116 valence electrons. The third-order valence-electron chi connectivity index (χ3n) is 6.12. The van der Waals surface area contributed by atoms with Crippen LogP contribution in [-0.2, 0) is 4.74 Å². The Bertz CT molecular complexity index is 338. The van der Waals surface area contributed by atoms with Gasteiger partial charge >= 0.3 is 0 Å². The van der Waals surface area contributed by atoms with E-state index in [0.717, 1.165) is 19.1 Å². The van der Waals surface area contributed by atoms with Gasteiger partial charge in [-0.3, -0.25) is 4.90 Å². The molecule has 1 N–H and O–H groups in total. The zero-order valence-corrected chi connectivity index (χ0v) is 13.6. The van der Waals surface area contributed by atoms with Gasteiger partial charge in [0.25, 0.3) is 0 Å². The van der Waals surface area contributed by atoms with Crippen LogP contribution >= 0.6 is 0 Å². The van der Waals surface area contributed by atoms with Crippen molar-refractivity contribution in [1.29, 1.82) is 0 Å². The summed E-state index contributed by atoms with van der Waals surface area (Å²) in [6.07, 6.45) is 8.36. The van der Waals surface area contributed by atoms with E-state index < -0.39 is 0 Å². The lowest BCUT2D eigenvalue weighted by atomic mass is 9.84. The van der Waals surface area contributed by atoms with Gasteiger partial charge in [-0.1, -0.05) is 6.92 Å². The van der Waals surface area contributed by atoms with Crippen LogP contribution in [0.25, 0.3) is 0 Å². The molecule has 0 spiro atoms. The molecule has 1 saturated carbocycles. The zero-order valence-electron chi connectivity index (χ0n) is 13.6. The number of nitrogens with zero attached hydrogens (tertiary/aromatic N) is 1. The average molecular weight is 280 g/mol. The van der Waals surface area contributed by atoms with Crippen molar-refractivity contribution >= 4 is 0 Å². The maximum absolute atomic E-state index is 5.82. The Morgan fingerprint density at radius 3 is 2.65 bits per heavy atom. The van der Waals surface area contributed by atoms with Crippen molar-refractivity contribution in [1.82, 2.24) is 10.2 Å². The van der Waals surface area contributed by atoms with E-state index in [4.69, 9.17) is 4.74 Å². The molecule has 2 aliphatic heterocycles. The molecule has 0 amide bonds. The molecule has 1 aliphatic carbocycles. The van der Waals surface area contributed by atoms with Crippen LogP contribution in [0.2, 0.25) is 0 Å². The van der Waals surface area contributed by atoms with E-state index in [0.29, 0.717) is 17.2 Å². The Labute approximate surface area is 124 Å². The van der Waals surface area contributed by atoms with Crippen LogP contribution in [0.4, 0.5) is 0 Å². The van der Waals surface area contributed by atoms with Crippen molar-refractivity contribution in [3.63, 3.8) is 0 Å². The van der Waals surface area contributed by atoms with E-state index in [2.05, 4.69) is 31.0 Å². The third-order valence-corrected chi connectivity index (χ3v) is 6.12. The van der Waals surface area contributed by atoms with Gasteiger partial charge < -0.3 is 10.1 Å². The fourth-order valence-corrected chi connectivity index (χ4v) is 4.01. The number of hydrogen-bond donors (Lipinski definition) is 1. The minimum atomic E-state index is 0.297. The quantitative estimate of drug-likeness (QED) is 0.838. The van der Waals surface area contributed by atoms with Crippen LogP contribution in [0.3, 0.4) is 0 Å². The van der Waals surface area contributed by atoms with E-state index in [1.807, 2.05) is 0 Å². The molecular formula is C17H32N2O. The van der Waals surface area contributed by atoms with Crippen LogP contribution in [0.5, 0.6) is 0 Å². The van der Waals surface area contributed by atoms with E-state index in [9.17, 15) is 0 Å². The minimum absolute atomic E-state index is 0.297. The summed E-state index contributed by atoms with van der Waals surface area (Å²) in [4.78, 5) is 2.80. The molecule has 0 radical (unpaired) electrons. The Morgan fingerprint density at radius 1 is 1.25 bits per heavy atom. The summed E-state index contributed by atoms with van der Waals surface area (Å²) in [6, 6.07) is 0. The molecule has 2 saturated heterocycles. The van der Waals surface area contributed by atoms with Crippen molar-refractivity contribution in [3.05, 3.63) is 0 Å². The van der Waals surface area contributed by atoms with Gasteiger partial charge in [0.15, 0.2) is 0 Å². The van der Waals surface area contributed by atoms with Gasteiger partial charge in [0.05, 0.1) is 6.10 Å². The van der Waals surface area contributed by atoms with E-state index in [1.54, 1.807) is 0 Å². The Hall–Kier alpha value is -0.120. The molecule has 20 heavy (non-hydrogen) atoms. The van der Waals surface area contributed by atoms with Crippen molar-refractivity contribution in [2.24, 2.45) is 5.92 Å². The highest BCUT2D eigenvalue weighted by Crippen LogP contribution is 2.45. The summed E-state index contributed by atoms with van der Waals surface area (Å²) in [7, 11) is 0. The van der Waals surface area contributed by atoms with Crippen molar-refractivity contribution in [2.75, 3.05) is 26.2 Å². The van der Waals surface area contributed by atoms with E-state index in [1.165, 1.54) is 51.6 Å². The topological polar surface area (TPSA) is 24.5 Å². The van der Waals surface area contributed by atoms with Crippen molar-refractivity contribution in [2.45, 2.75) is 76.5 Å². The lowest BCUT2D eigenvalue weighted by Gasteiger charge is -2.53. The standard InChI is InChI=1S/C17H32N2O/c1-4-16(2)13-19(10-9-15-6-5-11-20-15)17(3,12-18-16)14-7-8-14/h14-15,18H,4-13H2,1-3H3.